The van der Waals surface area contributed by atoms with Crippen LogP contribution in [0.1, 0.15) is 30.7 Å². The molecule has 0 unspecified atom stereocenters. The van der Waals surface area contributed by atoms with Gasteiger partial charge >= 0.3 is 0 Å². The molecule has 2 aromatic rings. The van der Waals surface area contributed by atoms with E-state index >= 15 is 0 Å². The number of aryl methyl sites for hydroxylation is 2. The lowest BCUT2D eigenvalue weighted by Gasteiger charge is -2.11. The Morgan fingerprint density at radius 1 is 1.26 bits per heavy atom. The van der Waals surface area contributed by atoms with Gasteiger partial charge in [-0.2, -0.15) is 0 Å². The number of amides is 1. The molecule has 0 saturated heterocycles. The summed E-state index contributed by atoms with van der Waals surface area (Å²) in [5.74, 6) is 1.91. The van der Waals surface area contributed by atoms with E-state index in [4.69, 9.17) is 0 Å². The van der Waals surface area contributed by atoms with Crippen molar-refractivity contribution in [3.05, 3.63) is 29.6 Å². The summed E-state index contributed by atoms with van der Waals surface area (Å²) >= 11 is 0. The predicted octanol–water partition coefficient (Wildman–Crippen LogP) is 2.14. The van der Waals surface area contributed by atoms with Crippen LogP contribution in [0.15, 0.2) is 18.2 Å². The fraction of sp³-hybridized carbons (Fsp3) is 0.471. The van der Waals surface area contributed by atoms with Gasteiger partial charge in [-0.05, 0) is 38.4 Å². The molecule has 3 rings (SSSR count). The zero-order chi connectivity index (χ0) is 16.2. The quantitative estimate of drug-likeness (QED) is 0.907. The van der Waals surface area contributed by atoms with Gasteiger partial charge in [0.25, 0.3) is 0 Å². The van der Waals surface area contributed by atoms with Gasteiger partial charge in [-0.25, -0.2) is 0 Å². The summed E-state index contributed by atoms with van der Waals surface area (Å²) < 4.78 is 2.22. The molecule has 6 heteroatoms. The first-order chi connectivity index (χ1) is 11.2. The van der Waals surface area contributed by atoms with Crippen molar-refractivity contribution in [2.75, 3.05) is 18.9 Å². The van der Waals surface area contributed by atoms with Gasteiger partial charge in [-0.1, -0.05) is 18.6 Å². The highest BCUT2D eigenvalue weighted by molar-refractivity contribution is 5.93. The second-order valence-corrected chi connectivity index (χ2v) is 6.01. The third-order valence-corrected chi connectivity index (χ3v) is 4.22. The molecule has 1 aliphatic rings. The highest BCUT2D eigenvalue weighted by Crippen LogP contribution is 2.26. The van der Waals surface area contributed by atoms with E-state index in [1.807, 2.05) is 25.1 Å². The average molecular weight is 313 g/mol. The number of aromatic nitrogens is 3. The van der Waals surface area contributed by atoms with Crippen LogP contribution in [-0.2, 0) is 17.8 Å². The zero-order valence-corrected chi connectivity index (χ0v) is 13.7. The first kappa shape index (κ1) is 15.7. The van der Waals surface area contributed by atoms with Gasteiger partial charge in [-0.15, -0.1) is 10.2 Å². The molecule has 0 spiro atoms. The van der Waals surface area contributed by atoms with E-state index < -0.39 is 0 Å². The largest absolute Gasteiger partial charge is 0.325 e. The van der Waals surface area contributed by atoms with Gasteiger partial charge in [0.15, 0.2) is 5.82 Å². The standard InChI is InChI=1S/C17H23N5O/c1-12-7-8-13(10-14(12)19-16(23)11-18-2)17-21-20-15-6-4-3-5-9-22(15)17/h7-8,10,18H,3-6,9,11H2,1-2H3,(H,19,23). The first-order valence-electron chi connectivity index (χ1n) is 8.16. The minimum absolute atomic E-state index is 0.0483. The van der Waals surface area contributed by atoms with Gasteiger partial charge in [-0.3, -0.25) is 4.79 Å². The van der Waals surface area contributed by atoms with Crippen molar-refractivity contribution in [1.29, 1.82) is 0 Å². The van der Waals surface area contributed by atoms with Crippen LogP contribution in [0.5, 0.6) is 0 Å². The lowest BCUT2D eigenvalue weighted by atomic mass is 10.1. The Morgan fingerprint density at radius 2 is 2.13 bits per heavy atom. The molecule has 0 aliphatic carbocycles. The Bertz CT molecular complexity index is 707. The number of rotatable bonds is 4. The van der Waals surface area contributed by atoms with Crippen molar-refractivity contribution >= 4 is 11.6 Å². The van der Waals surface area contributed by atoms with Crippen LogP contribution in [0.3, 0.4) is 0 Å². The maximum Gasteiger partial charge on any atom is 0.238 e. The van der Waals surface area contributed by atoms with Crippen LogP contribution < -0.4 is 10.6 Å². The summed E-state index contributed by atoms with van der Waals surface area (Å²) in [6, 6.07) is 6.05. The number of anilines is 1. The van der Waals surface area contributed by atoms with Gasteiger partial charge < -0.3 is 15.2 Å². The van der Waals surface area contributed by atoms with Crippen molar-refractivity contribution in [3.8, 4) is 11.4 Å². The summed E-state index contributed by atoms with van der Waals surface area (Å²) in [7, 11) is 1.76. The predicted molar refractivity (Wildman–Crippen MR) is 90.3 cm³/mol. The molecule has 1 amide bonds. The van der Waals surface area contributed by atoms with Crippen LogP contribution in [0.4, 0.5) is 5.69 Å². The van der Waals surface area contributed by atoms with Crippen molar-refractivity contribution in [3.63, 3.8) is 0 Å². The topological polar surface area (TPSA) is 71.8 Å². The number of hydrogen-bond donors (Lipinski definition) is 2. The molecular formula is C17H23N5O. The normalized spacial score (nSPS) is 14.2. The smallest absolute Gasteiger partial charge is 0.238 e. The Labute approximate surface area is 136 Å². The van der Waals surface area contributed by atoms with Crippen molar-refractivity contribution in [2.24, 2.45) is 0 Å². The molecule has 0 bridgehead atoms. The molecule has 0 fully saturated rings. The number of likely N-dealkylation sites (N-methyl/N-ethyl adjacent to an activating group) is 1. The third kappa shape index (κ3) is 3.42. The monoisotopic (exact) mass is 313 g/mol. The van der Waals surface area contributed by atoms with E-state index in [9.17, 15) is 4.79 Å². The number of fused-ring (bicyclic) bond motifs is 1. The second-order valence-electron chi connectivity index (χ2n) is 6.01. The molecule has 2 N–H and O–H groups in total. The molecule has 0 saturated carbocycles. The minimum Gasteiger partial charge on any atom is -0.325 e. The van der Waals surface area contributed by atoms with Crippen LogP contribution in [-0.4, -0.2) is 34.3 Å². The molecule has 0 radical (unpaired) electrons. The maximum atomic E-state index is 11.8. The number of carbonyl (C=O) groups excluding carboxylic acids is 1. The number of hydrogen-bond acceptors (Lipinski definition) is 4. The summed E-state index contributed by atoms with van der Waals surface area (Å²) in [5, 5.41) is 14.5. The molecule has 1 aromatic heterocycles. The van der Waals surface area contributed by atoms with Gasteiger partial charge in [0.1, 0.15) is 5.82 Å². The summed E-state index contributed by atoms with van der Waals surface area (Å²) in [4.78, 5) is 11.8. The average Bonchev–Trinajstić information content (AvgIpc) is 2.78. The van der Waals surface area contributed by atoms with Crippen molar-refractivity contribution in [1.82, 2.24) is 20.1 Å². The first-order valence-corrected chi connectivity index (χ1v) is 8.16. The number of nitrogens with one attached hydrogen (secondary N) is 2. The number of nitrogens with zero attached hydrogens (tertiary/aromatic N) is 3. The Balaban J connectivity index is 1.92. The van der Waals surface area contributed by atoms with E-state index in [1.54, 1.807) is 7.05 Å². The summed E-state index contributed by atoms with van der Waals surface area (Å²) in [6.45, 7) is 3.25. The number of benzene rings is 1. The second kappa shape index (κ2) is 6.91. The summed E-state index contributed by atoms with van der Waals surface area (Å²) in [6.07, 6.45) is 4.57. The van der Waals surface area contributed by atoms with Crippen LogP contribution in [0, 0.1) is 6.92 Å². The third-order valence-electron chi connectivity index (χ3n) is 4.22. The van der Waals surface area contributed by atoms with Crippen LogP contribution in [0.2, 0.25) is 0 Å². The van der Waals surface area contributed by atoms with E-state index in [0.717, 1.165) is 47.8 Å². The van der Waals surface area contributed by atoms with Gasteiger partial charge in [0.2, 0.25) is 5.91 Å². The molecular weight excluding hydrogens is 290 g/mol. The van der Waals surface area contributed by atoms with Crippen molar-refractivity contribution in [2.45, 2.75) is 39.2 Å². The molecule has 1 aromatic carbocycles. The van der Waals surface area contributed by atoms with Crippen molar-refractivity contribution < 1.29 is 4.79 Å². The SMILES string of the molecule is CNCC(=O)Nc1cc(-c2nnc3n2CCCCC3)ccc1C. The molecule has 2 heterocycles. The van der Waals surface area contributed by atoms with Crippen LogP contribution in [0.25, 0.3) is 11.4 Å². The molecule has 6 nitrogen and oxygen atoms in total. The van der Waals surface area contributed by atoms with Crippen LogP contribution >= 0.6 is 0 Å². The fourth-order valence-electron chi connectivity index (χ4n) is 2.95. The highest BCUT2D eigenvalue weighted by atomic mass is 16.1. The lowest BCUT2D eigenvalue weighted by molar-refractivity contribution is -0.115. The fourth-order valence-corrected chi connectivity index (χ4v) is 2.95. The Morgan fingerprint density at radius 3 is 2.96 bits per heavy atom. The number of carbonyl (C=O) groups is 1. The van der Waals surface area contributed by atoms with E-state index in [-0.39, 0.29) is 5.91 Å². The van der Waals surface area contributed by atoms with Gasteiger partial charge in [0.05, 0.1) is 6.54 Å². The van der Waals surface area contributed by atoms with E-state index in [2.05, 4.69) is 25.4 Å². The van der Waals surface area contributed by atoms with E-state index in [0.29, 0.717) is 6.54 Å². The molecule has 122 valence electrons. The molecule has 0 atom stereocenters. The maximum absolute atomic E-state index is 11.8. The van der Waals surface area contributed by atoms with E-state index in [1.165, 1.54) is 12.8 Å². The Hall–Kier alpha value is -2.21. The zero-order valence-electron chi connectivity index (χ0n) is 13.7. The Kier molecular flexibility index (Phi) is 4.71. The van der Waals surface area contributed by atoms with Gasteiger partial charge in [0, 0.05) is 24.2 Å². The minimum atomic E-state index is -0.0483. The summed E-state index contributed by atoms with van der Waals surface area (Å²) in [5.41, 5.74) is 2.86. The molecule has 23 heavy (non-hydrogen) atoms. The molecule has 1 aliphatic heterocycles. The lowest BCUT2D eigenvalue weighted by Crippen LogP contribution is -2.25. The highest BCUT2D eigenvalue weighted by Gasteiger charge is 2.17.